The van der Waals surface area contributed by atoms with Gasteiger partial charge in [0.05, 0.1) is 11.1 Å². The predicted molar refractivity (Wildman–Crippen MR) is 94.9 cm³/mol. The molecule has 10 heteroatoms. The lowest BCUT2D eigenvalue weighted by molar-refractivity contribution is -0.138. The van der Waals surface area contributed by atoms with Crippen LogP contribution in [-0.2, 0) is 11.0 Å². The first-order valence-electron chi connectivity index (χ1n) is 8.12. The number of benzene rings is 2. The Morgan fingerprint density at radius 1 is 1.07 bits per heavy atom. The second kappa shape index (κ2) is 7.66. The second-order valence-electron chi connectivity index (χ2n) is 5.91. The van der Waals surface area contributed by atoms with E-state index in [1.165, 1.54) is 36.4 Å². The van der Waals surface area contributed by atoms with Gasteiger partial charge in [0.1, 0.15) is 23.8 Å². The van der Waals surface area contributed by atoms with Crippen molar-refractivity contribution in [2.45, 2.75) is 6.18 Å². The maximum absolute atomic E-state index is 12.8. The van der Waals surface area contributed by atoms with Crippen LogP contribution in [0.2, 0.25) is 0 Å². The Morgan fingerprint density at radius 2 is 1.79 bits per heavy atom. The highest BCUT2D eigenvalue weighted by Gasteiger charge is 2.30. The van der Waals surface area contributed by atoms with Crippen molar-refractivity contribution < 1.29 is 37.7 Å². The van der Waals surface area contributed by atoms with E-state index in [1.54, 1.807) is 0 Å². The number of nitrogens with zero attached hydrogens (tertiary/aromatic N) is 1. The molecule has 0 aliphatic carbocycles. The van der Waals surface area contributed by atoms with Gasteiger partial charge in [-0.15, -0.1) is 0 Å². The van der Waals surface area contributed by atoms with E-state index in [2.05, 4.69) is 10.3 Å². The largest absolute Gasteiger partial charge is 0.505 e. The molecule has 1 amide bonds. The lowest BCUT2D eigenvalue weighted by atomic mass is 10.1. The molecule has 3 rings (SSSR count). The van der Waals surface area contributed by atoms with E-state index in [4.69, 9.17) is 9.84 Å². The topological polar surface area (TPSA) is 109 Å². The molecule has 3 aromatic rings. The molecule has 2 aromatic carbocycles. The van der Waals surface area contributed by atoms with Gasteiger partial charge in [0.25, 0.3) is 5.91 Å². The summed E-state index contributed by atoms with van der Waals surface area (Å²) in [5.41, 5.74) is -0.919. The van der Waals surface area contributed by atoms with Gasteiger partial charge in [0.15, 0.2) is 5.69 Å². The number of carboxylic acids is 1. The lowest BCUT2D eigenvalue weighted by Crippen LogP contribution is -2.29. The van der Waals surface area contributed by atoms with Crippen LogP contribution in [0.5, 0.6) is 17.2 Å². The number of aromatic nitrogens is 1. The van der Waals surface area contributed by atoms with E-state index in [-0.39, 0.29) is 17.2 Å². The fourth-order valence-corrected chi connectivity index (χ4v) is 2.49. The Hall–Kier alpha value is -3.82. The van der Waals surface area contributed by atoms with Crippen molar-refractivity contribution in [3.05, 3.63) is 59.8 Å². The van der Waals surface area contributed by atoms with Crippen molar-refractivity contribution >= 4 is 22.8 Å². The molecule has 0 aliphatic heterocycles. The molecule has 0 spiro atoms. The molecule has 7 nitrogen and oxygen atoms in total. The zero-order valence-corrected chi connectivity index (χ0v) is 14.5. The first-order valence-corrected chi connectivity index (χ1v) is 8.12. The van der Waals surface area contributed by atoms with Gasteiger partial charge in [-0.25, -0.2) is 4.98 Å². The summed E-state index contributed by atoms with van der Waals surface area (Å²) < 4.78 is 43.9. The number of carbonyl (C=O) groups is 2. The minimum absolute atomic E-state index is 0.0268. The number of nitrogens with one attached hydrogen (secondary N) is 1. The van der Waals surface area contributed by atoms with Gasteiger partial charge in [-0.3, -0.25) is 9.59 Å². The van der Waals surface area contributed by atoms with Gasteiger partial charge in [-0.1, -0.05) is 6.07 Å². The molecule has 0 atom stereocenters. The van der Waals surface area contributed by atoms with Gasteiger partial charge in [0, 0.05) is 5.39 Å². The third kappa shape index (κ3) is 4.72. The van der Waals surface area contributed by atoms with E-state index in [9.17, 15) is 27.9 Å². The number of hydrogen-bond acceptors (Lipinski definition) is 5. The molecule has 0 saturated heterocycles. The lowest BCUT2D eigenvalue weighted by Gasteiger charge is -2.11. The van der Waals surface area contributed by atoms with Crippen LogP contribution in [0.25, 0.3) is 10.9 Å². The maximum Gasteiger partial charge on any atom is 0.416 e. The van der Waals surface area contributed by atoms with Crippen molar-refractivity contribution in [2.75, 3.05) is 6.54 Å². The number of alkyl halides is 3. The first kappa shape index (κ1) is 19.9. The van der Waals surface area contributed by atoms with Crippen LogP contribution in [0.15, 0.2) is 48.5 Å². The molecule has 0 fully saturated rings. The second-order valence-corrected chi connectivity index (χ2v) is 5.91. The number of halogens is 3. The van der Waals surface area contributed by atoms with E-state index >= 15 is 0 Å². The quantitative estimate of drug-likeness (QED) is 0.598. The van der Waals surface area contributed by atoms with Crippen molar-refractivity contribution in [3.63, 3.8) is 0 Å². The molecule has 0 saturated carbocycles. The molecule has 1 heterocycles. The highest BCUT2D eigenvalue weighted by Crippen LogP contribution is 2.33. The fourth-order valence-electron chi connectivity index (χ4n) is 2.49. The van der Waals surface area contributed by atoms with Gasteiger partial charge < -0.3 is 20.3 Å². The normalized spacial score (nSPS) is 11.3. The smallest absolute Gasteiger partial charge is 0.416 e. The number of pyridine rings is 1. The highest BCUT2D eigenvalue weighted by atomic mass is 19.4. The van der Waals surface area contributed by atoms with E-state index in [1.807, 2.05) is 0 Å². The summed E-state index contributed by atoms with van der Waals surface area (Å²) in [4.78, 5) is 26.4. The third-order valence-electron chi connectivity index (χ3n) is 3.78. The van der Waals surface area contributed by atoms with Crippen LogP contribution in [0, 0.1) is 0 Å². The zero-order valence-electron chi connectivity index (χ0n) is 14.5. The van der Waals surface area contributed by atoms with Crippen LogP contribution in [-0.4, -0.2) is 33.6 Å². The standard InChI is InChI=1S/C19H13F3N2O5/c20-19(21,22)11-2-1-3-12(8-11)29-13-4-5-14-10(6-13)7-15(25)17(24-14)18(28)23-9-16(26)27/h1-8,25H,9H2,(H,23,28)(H,26,27). The van der Waals surface area contributed by atoms with Gasteiger partial charge >= 0.3 is 12.1 Å². The molecule has 0 aliphatic rings. The number of carboxylic acid groups (broad SMARTS) is 1. The third-order valence-corrected chi connectivity index (χ3v) is 3.78. The van der Waals surface area contributed by atoms with E-state index in [0.29, 0.717) is 10.9 Å². The number of amides is 1. The molecule has 1 aromatic heterocycles. The Bertz CT molecular complexity index is 1100. The highest BCUT2D eigenvalue weighted by molar-refractivity contribution is 5.99. The number of rotatable bonds is 5. The molecule has 3 N–H and O–H groups in total. The maximum atomic E-state index is 12.8. The number of carbonyl (C=O) groups excluding carboxylic acids is 1. The average Bonchev–Trinajstić information content (AvgIpc) is 2.65. The Labute approximate surface area is 161 Å². The monoisotopic (exact) mass is 406 g/mol. The predicted octanol–water partition coefficient (Wildman–Crippen LogP) is 3.57. The first-order chi connectivity index (χ1) is 13.6. The van der Waals surface area contributed by atoms with E-state index < -0.39 is 35.9 Å². The molecule has 0 bridgehead atoms. The minimum Gasteiger partial charge on any atom is -0.505 e. The molecule has 29 heavy (non-hydrogen) atoms. The summed E-state index contributed by atoms with van der Waals surface area (Å²) in [6, 6.07) is 9.90. The number of aliphatic carboxylic acids is 1. The van der Waals surface area contributed by atoms with Crippen LogP contribution < -0.4 is 10.1 Å². The Balaban J connectivity index is 1.87. The van der Waals surface area contributed by atoms with Gasteiger partial charge in [-0.05, 0) is 42.5 Å². The Kier molecular flexibility index (Phi) is 5.26. The SMILES string of the molecule is O=C(O)CNC(=O)c1nc2ccc(Oc3cccc(C(F)(F)F)c3)cc2cc1O. The average molecular weight is 406 g/mol. The van der Waals surface area contributed by atoms with Crippen molar-refractivity contribution in [2.24, 2.45) is 0 Å². The molecular weight excluding hydrogens is 393 g/mol. The van der Waals surface area contributed by atoms with Crippen LogP contribution in [0.4, 0.5) is 13.2 Å². The van der Waals surface area contributed by atoms with Crippen molar-refractivity contribution in [3.8, 4) is 17.2 Å². The summed E-state index contributed by atoms with van der Waals surface area (Å²) in [6.07, 6.45) is -4.50. The van der Waals surface area contributed by atoms with Gasteiger partial charge in [-0.2, -0.15) is 13.2 Å². The van der Waals surface area contributed by atoms with Crippen LogP contribution >= 0.6 is 0 Å². The molecule has 0 radical (unpaired) electrons. The molecule has 150 valence electrons. The summed E-state index contributed by atoms with van der Waals surface area (Å²) in [6.45, 7) is -0.637. The molecular formula is C19H13F3N2O5. The number of hydrogen-bond donors (Lipinski definition) is 3. The summed E-state index contributed by atoms with van der Waals surface area (Å²) in [5, 5.41) is 21.1. The van der Waals surface area contributed by atoms with Crippen molar-refractivity contribution in [1.82, 2.24) is 10.3 Å². The van der Waals surface area contributed by atoms with Gasteiger partial charge in [0.2, 0.25) is 0 Å². The summed E-state index contributed by atoms with van der Waals surface area (Å²) in [5.74, 6) is -2.44. The number of ether oxygens (including phenoxy) is 1. The number of fused-ring (bicyclic) bond motifs is 1. The summed E-state index contributed by atoms with van der Waals surface area (Å²) in [7, 11) is 0. The Morgan fingerprint density at radius 3 is 2.48 bits per heavy atom. The zero-order chi connectivity index (χ0) is 21.2. The number of aromatic hydroxyl groups is 1. The van der Waals surface area contributed by atoms with E-state index in [0.717, 1.165) is 12.1 Å². The summed E-state index contributed by atoms with van der Waals surface area (Å²) >= 11 is 0. The minimum atomic E-state index is -4.50. The molecule has 0 unspecified atom stereocenters. The van der Waals surface area contributed by atoms with Crippen LogP contribution in [0.1, 0.15) is 16.1 Å². The van der Waals surface area contributed by atoms with Crippen LogP contribution in [0.3, 0.4) is 0 Å². The van der Waals surface area contributed by atoms with Crippen molar-refractivity contribution in [1.29, 1.82) is 0 Å². The fraction of sp³-hybridized carbons (Fsp3) is 0.105.